The zero-order valence-electron chi connectivity index (χ0n) is 14.7. The minimum Gasteiger partial charge on any atom is -0.381 e. The van der Waals surface area contributed by atoms with Gasteiger partial charge in [0.2, 0.25) is 0 Å². The summed E-state index contributed by atoms with van der Waals surface area (Å²) in [6, 6.07) is 10.1. The molecule has 0 bridgehead atoms. The van der Waals surface area contributed by atoms with Gasteiger partial charge in [0.25, 0.3) is 5.91 Å². The molecule has 1 fully saturated rings. The van der Waals surface area contributed by atoms with Crippen molar-refractivity contribution in [2.45, 2.75) is 23.8 Å². The smallest absolute Gasteiger partial charge is 0.267 e. The van der Waals surface area contributed by atoms with E-state index in [2.05, 4.69) is 22.4 Å². The average Bonchev–Trinajstić information content (AvgIpc) is 3.39. The van der Waals surface area contributed by atoms with Crippen molar-refractivity contribution in [1.29, 1.82) is 0 Å². The molecule has 27 heavy (non-hydrogen) atoms. The van der Waals surface area contributed by atoms with Gasteiger partial charge >= 0.3 is 0 Å². The van der Waals surface area contributed by atoms with E-state index >= 15 is 0 Å². The van der Waals surface area contributed by atoms with Crippen LogP contribution in [0.5, 0.6) is 0 Å². The molecule has 1 N–H and O–H groups in total. The van der Waals surface area contributed by atoms with E-state index in [-0.39, 0.29) is 5.91 Å². The van der Waals surface area contributed by atoms with E-state index in [0.29, 0.717) is 10.1 Å². The molecule has 0 atom stereocenters. The van der Waals surface area contributed by atoms with Gasteiger partial charge < -0.3 is 10.1 Å². The van der Waals surface area contributed by atoms with Crippen molar-refractivity contribution >= 4 is 46.0 Å². The monoisotopic (exact) mass is 416 g/mol. The zero-order chi connectivity index (χ0) is 18.5. The zero-order valence-corrected chi connectivity index (χ0v) is 17.2. The Balaban J connectivity index is 1.36. The van der Waals surface area contributed by atoms with Gasteiger partial charge in [0.1, 0.15) is 9.88 Å². The van der Waals surface area contributed by atoms with Crippen LogP contribution in [0.4, 0.5) is 5.69 Å². The molecular formula is C20H20N2O2S3. The van der Waals surface area contributed by atoms with Gasteiger partial charge in [0.15, 0.2) is 0 Å². The molecule has 1 aliphatic heterocycles. The lowest BCUT2D eigenvalue weighted by molar-refractivity contribution is 0.1000. The summed E-state index contributed by atoms with van der Waals surface area (Å²) < 4.78 is 5.42. The maximum atomic E-state index is 12.6. The number of aromatic nitrogens is 1. The molecule has 1 aromatic carbocycles. The molecule has 0 unspecified atom stereocenters. The first kappa shape index (κ1) is 18.7. The first-order valence-corrected chi connectivity index (χ1v) is 11.7. The number of carbonyl (C=O) groups excluding carboxylic acids is 1. The van der Waals surface area contributed by atoms with Gasteiger partial charge in [-0.05, 0) is 42.0 Å². The minimum absolute atomic E-state index is 0.108. The van der Waals surface area contributed by atoms with E-state index in [1.165, 1.54) is 16.9 Å². The van der Waals surface area contributed by atoms with Crippen LogP contribution in [0, 0.1) is 0 Å². The molecule has 1 aliphatic rings. The molecule has 0 spiro atoms. The first-order valence-electron chi connectivity index (χ1n) is 8.86. The highest BCUT2D eigenvalue weighted by atomic mass is 32.2. The number of thioether (sulfide) groups is 1. The van der Waals surface area contributed by atoms with Crippen molar-refractivity contribution in [2.24, 2.45) is 0 Å². The van der Waals surface area contributed by atoms with E-state index in [0.717, 1.165) is 48.1 Å². The lowest BCUT2D eigenvalue weighted by Gasteiger charge is -2.21. The Morgan fingerprint density at radius 1 is 1.30 bits per heavy atom. The Bertz CT molecular complexity index is 886. The quantitative estimate of drug-likeness (QED) is 0.573. The second-order valence-electron chi connectivity index (χ2n) is 6.32. The van der Waals surface area contributed by atoms with Crippen molar-refractivity contribution in [1.82, 2.24) is 4.98 Å². The topological polar surface area (TPSA) is 51.2 Å². The number of thiophene rings is 1. The van der Waals surface area contributed by atoms with Crippen molar-refractivity contribution in [3.8, 4) is 10.6 Å². The second-order valence-corrected chi connectivity index (χ2v) is 9.42. The summed E-state index contributed by atoms with van der Waals surface area (Å²) >= 11 is 5.02. The molecule has 1 amide bonds. The van der Waals surface area contributed by atoms with Crippen LogP contribution in [-0.4, -0.2) is 29.4 Å². The Kier molecular flexibility index (Phi) is 6.24. The number of anilines is 1. The first-order chi connectivity index (χ1) is 13.3. The second kappa shape index (κ2) is 9.01. The average molecular weight is 417 g/mol. The highest BCUT2D eigenvalue weighted by Gasteiger charge is 2.15. The van der Waals surface area contributed by atoms with Gasteiger partial charge in [0.05, 0.1) is 6.20 Å². The lowest BCUT2D eigenvalue weighted by Crippen LogP contribution is -2.17. The molecule has 3 heterocycles. The number of nitrogens with zero attached hydrogens (tertiary/aromatic N) is 1. The fourth-order valence-electron chi connectivity index (χ4n) is 2.89. The molecule has 7 heteroatoms. The molecule has 0 saturated carbocycles. The molecule has 1 saturated heterocycles. The lowest BCUT2D eigenvalue weighted by atomic mass is 10.2. The predicted octanol–water partition coefficient (Wildman–Crippen LogP) is 5.54. The van der Waals surface area contributed by atoms with Crippen LogP contribution < -0.4 is 5.32 Å². The van der Waals surface area contributed by atoms with Gasteiger partial charge in [-0.1, -0.05) is 12.1 Å². The largest absolute Gasteiger partial charge is 0.381 e. The van der Waals surface area contributed by atoms with Crippen molar-refractivity contribution in [3.63, 3.8) is 0 Å². The van der Waals surface area contributed by atoms with Crippen LogP contribution in [0.1, 0.15) is 28.1 Å². The van der Waals surface area contributed by atoms with Crippen LogP contribution in [0.25, 0.3) is 10.6 Å². The predicted molar refractivity (Wildman–Crippen MR) is 115 cm³/mol. The van der Waals surface area contributed by atoms with E-state index in [4.69, 9.17) is 4.74 Å². The van der Waals surface area contributed by atoms with Gasteiger partial charge in [-0.3, -0.25) is 4.79 Å². The van der Waals surface area contributed by atoms with Gasteiger partial charge in [-0.2, -0.15) is 23.1 Å². The third-order valence-electron chi connectivity index (χ3n) is 4.34. The van der Waals surface area contributed by atoms with E-state index in [1.54, 1.807) is 17.5 Å². The van der Waals surface area contributed by atoms with Crippen LogP contribution in [-0.2, 0) is 10.5 Å². The van der Waals surface area contributed by atoms with Crippen LogP contribution in [0.2, 0.25) is 0 Å². The fourth-order valence-corrected chi connectivity index (χ4v) is 5.54. The number of thiazole rings is 1. The number of benzene rings is 1. The van der Waals surface area contributed by atoms with Crippen molar-refractivity contribution in [2.75, 3.05) is 18.5 Å². The Morgan fingerprint density at radius 3 is 3.00 bits per heavy atom. The van der Waals surface area contributed by atoms with Gasteiger partial charge in [0, 0.05) is 40.8 Å². The minimum atomic E-state index is -0.108. The van der Waals surface area contributed by atoms with Crippen molar-refractivity contribution < 1.29 is 9.53 Å². The van der Waals surface area contributed by atoms with E-state index < -0.39 is 0 Å². The number of hydrogen-bond donors (Lipinski definition) is 1. The van der Waals surface area contributed by atoms with Gasteiger partial charge in [-0.15, -0.1) is 11.3 Å². The normalized spacial score (nSPS) is 15.0. The Hall–Kier alpha value is -1.67. The molecule has 4 rings (SSSR count). The number of nitrogens with one attached hydrogen (secondary N) is 1. The number of carbonyl (C=O) groups is 1. The summed E-state index contributed by atoms with van der Waals surface area (Å²) in [5.74, 6) is 0.847. The third kappa shape index (κ3) is 4.99. The standard InChI is InChI=1S/C20H20N2O2S3/c23-19(18-11-21-20(27-18)15-6-9-25-13-15)22-16-3-1-2-14(10-16)12-26-17-4-7-24-8-5-17/h1-3,6,9-11,13,17H,4-5,7-8,12H2,(H,22,23). The third-order valence-corrected chi connectivity index (χ3v) is 7.51. The number of rotatable bonds is 6. The Labute approximate surface area is 171 Å². The summed E-state index contributed by atoms with van der Waals surface area (Å²) in [5, 5.41) is 8.60. The maximum Gasteiger partial charge on any atom is 0.267 e. The van der Waals surface area contributed by atoms with E-state index in [9.17, 15) is 4.79 Å². The summed E-state index contributed by atoms with van der Waals surface area (Å²) in [6.07, 6.45) is 3.90. The number of hydrogen-bond acceptors (Lipinski definition) is 6. The highest BCUT2D eigenvalue weighted by molar-refractivity contribution is 7.99. The summed E-state index contributed by atoms with van der Waals surface area (Å²) in [6.45, 7) is 1.74. The number of ether oxygens (including phenoxy) is 1. The van der Waals surface area contributed by atoms with Gasteiger partial charge in [-0.25, -0.2) is 4.98 Å². The van der Waals surface area contributed by atoms with Crippen LogP contribution in [0.3, 0.4) is 0 Å². The fraction of sp³-hybridized carbons (Fsp3) is 0.300. The molecule has 140 valence electrons. The molecule has 4 nitrogen and oxygen atoms in total. The molecule has 3 aromatic rings. The molecular weight excluding hydrogens is 396 g/mol. The molecule has 0 aliphatic carbocycles. The summed E-state index contributed by atoms with van der Waals surface area (Å²) in [5.41, 5.74) is 3.12. The molecule has 2 aromatic heterocycles. The summed E-state index contributed by atoms with van der Waals surface area (Å²) in [4.78, 5) is 17.6. The summed E-state index contributed by atoms with van der Waals surface area (Å²) in [7, 11) is 0. The maximum absolute atomic E-state index is 12.6. The number of amides is 1. The van der Waals surface area contributed by atoms with E-state index in [1.807, 2.05) is 40.7 Å². The Morgan fingerprint density at radius 2 is 2.19 bits per heavy atom. The SMILES string of the molecule is O=C(Nc1cccc(CSC2CCOCC2)c1)c1cnc(-c2ccsc2)s1. The van der Waals surface area contributed by atoms with Crippen LogP contribution >= 0.6 is 34.4 Å². The van der Waals surface area contributed by atoms with Crippen molar-refractivity contribution in [3.05, 3.63) is 57.7 Å². The highest BCUT2D eigenvalue weighted by Crippen LogP contribution is 2.28. The van der Waals surface area contributed by atoms with Crippen LogP contribution in [0.15, 0.2) is 47.3 Å². The molecule has 0 radical (unpaired) electrons.